The highest BCUT2D eigenvalue weighted by atomic mass is 16.5. The quantitative estimate of drug-likeness (QED) is 0.748. The number of nitrogens with one attached hydrogen (secondary N) is 2. The number of aromatic nitrogens is 3. The van der Waals surface area contributed by atoms with E-state index in [0.717, 1.165) is 17.7 Å². The number of benzene rings is 1. The summed E-state index contributed by atoms with van der Waals surface area (Å²) < 4.78 is 4.97. The molecule has 3 aromatic rings. The van der Waals surface area contributed by atoms with Crippen LogP contribution in [0.15, 0.2) is 47.1 Å². The van der Waals surface area contributed by atoms with Gasteiger partial charge in [-0.3, -0.25) is 4.79 Å². The van der Waals surface area contributed by atoms with Crippen LogP contribution in [0.5, 0.6) is 0 Å². The maximum absolute atomic E-state index is 12.4. The Kier molecular flexibility index (Phi) is 4.51. The highest BCUT2D eigenvalue weighted by Gasteiger charge is 2.11. The third-order valence-electron chi connectivity index (χ3n) is 3.40. The summed E-state index contributed by atoms with van der Waals surface area (Å²) in [5.74, 6) is 1.14. The molecule has 0 aliphatic heterocycles. The highest BCUT2D eigenvalue weighted by molar-refractivity contribution is 6.03. The molecule has 0 aliphatic carbocycles. The van der Waals surface area contributed by atoms with Crippen LogP contribution in [-0.2, 0) is 6.42 Å². The van der Waals surface area contributed by atoms with Crippen LogP contribution >= 0.6 is 0 Å². The molecule has 1 amide bonds. The molecule has 0 spiro atoms. The van der Waals surface area contributed by atoms with Crippen molar-refractivity contribution in [3.8, 4) is 0 Å². The lowest BCUT2D eigenvalue weighted by molar-refractivity contribution is 0.102. The Bertz CT molecular complexity index is 859. The van der Waals surface area contributed by atoms with Crippen LogP contribution in [0, 0.1) is 6.92 Å². The lowest BCUT2D eigenvalue weighted by Crippen LogP contribution is -2.15. The molecule has 0 aliphatic rings. The van der Waals surface area contributed by atoms with Crippen LogP contribution in [0.4, 0.5) is 17.5 Å². The average Bonchev–Trinajstić information content (AvgIpc) is 3.00. The molecule has 2 N–H and O–H groups in total. The van der Waals surface area contributed by atoms with E-state index in [4.69, 9.17) is 4.52 Å². The molecule has 0 radical (unpaired) electrons. The Morgan fingerprint density at radius 1 is 1.25 bits per heavy atom. The van der Waals surface area contributed by atoms with Gasteiger partial charge in [-0.2, -0.15) is 0 Å². The van der Waals surface area contributed by atoms with E-state index in [0.29, 0.717) is 11.6 Å². The van der Waals surface area contributed by atoms with Crippen molar-refractivity contribution in [3.05, 3.63) is 59.6 Å². The number of hydrogen-bond acceptors (Lipinski definition) is 6. The smallest absolute Gasteiger partial charge is 0.274 e. The molecule has 0 bridgehead atoms. The third kappa shape index (κ3) is 3.57. The fourth-order valence-electron chi connectivity index (χ4n) is 2.22. The summed E-state index contributed by atoms with van der Waals surface area (Å²) in [4.78, 5) is 20.7. The van der Waals surface area contributed by atoms with E-state index in [9.17, 15) is 4.79 Å². The number of carbonyl (C=O) groups excluding carboxylic acids is 1. The highest BCUT2D eigenvalue weighted by Crippen LogP contribution is 2.17. The molecule has 1 aromatic carbocycles. The van der Waals surface area contributed by atoms with Crippen LogP contribution in [-0.4, -0.2) is 21.0 Å². The second kappa shape index (κ2) is 6.91. The van der Waals surface area contributed by atoms with E-state index in [1.54, 1.807) is 19.1 Å². The largest absolute Gasteiger partial charge is 0.360 e. The minimum absolute atomic E-state index is 0.263. The first kappa shape index (κ1) is 15.7. The van der Waals surface area contributed by atoms with Crippen LogP contribution in [0.1, 0.15) is 28.7 Å². The van der Waals surface area contributed by atoms with E-state index >= 15 is 0 Å². The number of para-hydroxylation sites is 1. The normalized spacial score (nSPS) is 10.4. The summed E-state index contributed by atoms with van der Waals surface area (Å²) in [5.41, 5.74) is 2.11. The number of rotatable bonds is 5. The van der Waals surface area contributed by atoms with Gasteiger partial charge in [0.05, 0.1) is 0 Å². The fourth-order valence-corrected chi connectivity index (χ4v) is 2.22. The Labute approximate surface area is 139 Å². The van der Waals surface area contributed by atoms with E-state index < -0.39 is 0 Å². The summed E-state index contributed by atoms with van der Waals surface area (Å²) in [7, 11) is 0. The molecule has 0 fully saturated rings. The number of amides is 1. The van der Waals surface area contributed by atoms with Crippen molar-refractivity contribution in [2.45, 2.75) is 20.3 Å². The molecule has 2 heterocycles. The van der Waals surface area contributed by atoms with Crippen molar-refractivity contribution >= 4 is 23.4 Å². The van der Waals surface area contributed by atoms with Crippen molar-refractivity contribution in [2.24, 2.45) is 0 Å². The molecule has 7 nitrogen and oxygen atoms in total. The zero-order chi connectivity index (χ0) is 16.9. The zero-order valence-corrected chi connectivity index (χ0v) is 13.4. The summed E-state index contributed by atoms with van der Waals surface area (Å²) >= 11 is 0. The van der Waals surface area contributed by atoms with Crippen LogP contribution in [0.25, 0.3) is 0 Å². The van der Waals surface area contributed by atoms with Crippen molar-refractivity contribution in [1.29, 1.82) is 0 Å². The molecule has 0 unspecified atom stereocenters. The topological polar surface area (TPSA) is 92.9 Å². The third-order valence-corrected chi connectivity index (χ3v) is 3.40. The molecule has 2 aromatic heterocycles. The second-order valence-corrected chi connectivity index (χ2v) is 5.18. The molecule has 0 atom stereocenters. The summed E-state index contributed by atoms with van der Waals surface area (Å²) in [5, 5.41) is 9.59. The predicted octanol–water partition coefficient (Wildman–Crippen LogP) is 3.33. The van der Waals surface area contributed by atoms with Gasteiger partial charge in [0.2, 0.25) is 5.95 Å². The summed E-state index contributed by atoms with van der Waals surface area (Å²) in [6, 6.07) is 11.0. The van der Waals surface area contributed by atoms with Crippen LogP contribution < -0.4 is 10.6 Å². The number of hydrogen-bond donors (Lipinski definition) is 2. The Morgan fingerprint density at radius 3 is 2.83 bits per heavy atom. The first-order chi connectivity index (χ1) is 11.7. The van der Waals surface area contributed by atoms with Gasteiger partial charge in [0.25, 0.3) is 5.91 Å². The van der Waals surface area contributed by atoms with Gasteiger partial charge in [-0.1, -0.05) is 30.3 Å². The zero-order valence-electron chi connectivity index (χ0n) is 13.4. The predicted molar refractivity (Wildman–Crippen MR) is 90.3 cm³/mol. The Morgan fingerprint density at radius 2 is 2.08 bits per heavy atom. The van der Waals surface area contributed by atoms with E-state index in [1.807, 2.05) is 31.2 Å². The van der Waals surface area contributed by atoms with Crippen molar-refractivity contribution in [1.82, 2.24) is 15.1 Å². The van der Waals surface area contributed by atoms with Crippen molar-refractivity contribution < 1.29 is 9.32 Å². The Hall–Kier alpha value is -3.22. The van der Waals surface area contributed by atoms with Gasteiger partial charge in [0.1, 0.15) is 11.5 Å². The SMILES string of the molecule is CCc1ccccc1NC(=O)c1ccnc(Nc2cc(C)on2)n1. The monoisotopic (exact) mass is 323 g/mol. The van der Waals surface area contributed by atoms with E-state index in [1.165, 1.54) is 6.20 Å². The maximum atomic E-state index is 12.4. The molecular weight excluding hydrogens is 306 g/mol. The molecule has 3 rings (SSSR count). The van der Waals surface area contributed by atoms with E-state index in [-0.39, 0.29) is 17.5 Å². The summed E-state index contributed by atoms with van der Waals surface area (Å²) in [6.07, 6.45) is 2.35. The minimum atomic E-state index is -0.294. The van der Waals surface area contributed by atoms with Gasteiger partial charge < -0.3 is 15.2 Å². The van der Waals surface area contributed by atoms with Gasteiger partial charge in [0.15, 0.2) is 5.82 Å². The molecular formula is C17H17N5O2. The van der Waals surface area contributed by atoms with E-state index in [2.05, 4.69) is 25.8 Å². The number of aryl methyl sites for hydroxylation is 2. The molecule has 122 valence electrons. The Balaban J connectivity index is 1.76. The van der Waals surface area contributed by atoms with Gasteiger partial charge in [-0.05, 0) is 31.0 Å². The van der Waals surface area contributed by atoms with Gasteiger partial charge in [0, 0.05) is 18.0 Å². The maximum Gasteiger partial charge on any atom is 0.274 e. The first-order valence-corrected chi connectivity index (χ1v) is 7.58. The number of carbonyl (C=O) groups is 1. The van der Waals surface area contributed by atoms with Crippen LogP contribution in [0.3, 0.4) is 0 Å². The molecule has 0 saturated carbocycles. The second-order valence-electron chi connectivity index (χ2n) is 5.18. The van der Waals surface area contributed by atoms with Crippen molar-refractivity contribution in [2.75, 3.05) is 10.6 Å². The molecule has 7 heteroatoms. The standard InChI is InChI=1S/C17H17N5O2/c1-3-12-6-4-5-7-13(12)19-16(23)14-8-9-18-17(20-14)21-15-10-11(2)24-22-15/h4-10H,3H2,1-2H3,(H,19,23)(H,18,20,21,22). The van der Waals surface area contributed by atoms with Crippen molar-refractivity contribution in [3.63, 3.8) is 0 Å². The molecule has 24 heavy (non-hydrogen) atoms. The van der Waals surface area contributed by atoms with Gasteiger partial charge >= 0.3 is 0 Å². The van der Waals surface area contributed by atoms with Crippen LogP contribution in [0.2, 0.25) is 0 Å². The molecule has 0 saturated heterocycles. The lowest BCUT2D eigenvalue weighted by Gasteiger charge is -2.09. The van der Waals surface area contributed by atoms with Gasteiger partial charge in [-0.25, -0.2) is 9.97 Å². The minimum Gasteiger partial charge on any atom is -0.360 e. The fraction of sp³-hybridized carbons (Fsp3) is 0.176. The number of nitrogens with zero attached hydrogens (tertiary/aromatic N) is 3. The van der Waals surface area contributed by atoms with Gasteiger partial charge in [-0.15, -0.1) is 0 Å². The number of anilines is 3. The lowest BCUT2D eigenvalue weighted by atomic mass is 10.1. The summed E-state index contributed by atoms with van der Waals surface area (Å²) in [6.45, 7) is 3.83. The first-order valence-electron chi connectivity index (χ1n) is 7.58. The average molecular weight is 323 g/mol.